The molecule has 9 heteroatoms. The van der Waals surface area contributed by atoms with Crippen LogP contribution in [0.3, 0.4) is 0 Å². The number of benzene rings is 1. The van der Waals surface area contributed by atoms with Crippen LogP contribution in [-0.2, 0) is 16.1 Å². The standard InChI is InChI=1S/C21H22N4O4S/c26-18(10-13-25-21(28)29-20(23-25)17-7-4-14-30-17)24-11-8-15(9-12-24)19(27)22-16-5-2-1-3-6-16/h1-7,14-15H,8-13H2,(H,22,27). The molecule has 0 saturated carbocycles. The molecule has 1 fully saturated rings. The van der Waals surface area contributed by atoms with E-state index in [4.69, 9.17) is 4.42 Å². The summed E-state index contributed by atoms with van der Waals surface area (Å²) in [5.41, 5.74) is 0.779. The third kappa shape index (κ3) is 4.68. The molecule has 0 unspecified atom stereocenters. The number of likely N-dealkylation sites (tertiary alicyclic amines) is 1. The number of nitrogens with zero attached hydrogens (tertiary/aromatic N) is 3. The average Bonchev–Trinajstić information content (AvgIpc) is 3.43. The Morgan fingerprint density at radius 3 is 2.60 bits per heavy atom. The van der Waals surface area contributed by atoms with Crippen molar-refractivity contribution in [3.05, 3.63) is 58.4 Å². The third-order valence-corrected chi connectivity index (χ3v) is 5.99. The SMILES string of the molecule is O=C(Nc1ccccc1)C1CCN(C(=O)CCn2nc(-c3cccs3)oc2=O)CC1. The lowest BCUT2D eigenvalue weighted by atomic mass is 9.95. The van der Waals surface area contributed by atoms with E-state index in [2.05, 4.69) is 10.4 Å². The van der Waals surface area contributed by atoms with E-state index in [9.17, 15) is 14.4 Å². The van der Waals surface area contributed by atoms with E-state index in [1.807, 2.05) is 47.8 Å². The van der Waals surface area contributed by atoms with Gasteiger partial charge in [0.15, 0.2) is 0 Å². The summed E-state index contributed by atoms with van der Waals surface area (Å²) in [6.45, 7) is 1.22. The average molecular weight is 426 g/mol. The van der Waals surface area contributed by atoms with Crippen molar-refractivity contribution in [3.63, 3.8) is 0 Å². The maximum Gasteiger partial charge on any atom is 0.437 e. The van der Waals surface area contributed by atoms with Crippen molar-refractivity contribution in [1.29, 1.82) is 0 Å². The zero-order valence-corrected chi connectivity index (χ0v) is 17.1. The van der Waals surface area contributed by atoms with Crippen molar-refractivity contribution < 1.29 is 14.0 Å². The number of anilines is 1. The van der Waals surface area contributed by atoms with Gasteiger partial charge in [0.25, 0.3) is 5.89 Å². The van der Waals surface area contributed by atoms with Crippen molar-refractivity contribution in [2.75, 3.05) is 18.4 Å². The van der Waals surface area contributed by atoms with Crippen molar-refractivity contribution >= 4 is 28.8 Å². The molecule has 1 N–H and O–H groups in total. The Kier molecular flexibility index (Phi) is 6.08. The molecule has 2 aromatic heterocycles. The molecule has 0 atom stereocenters. The fraction of sp³-hybridized carbons (Fsp3) is 0.333. The Labute approximate surface area is 177 Å². The molecule has 8 nitrogen and oxygen atoms in total. The largest absolute Gasteiger partial charge is 0.437 e. The van der Waals surface area contributed by atoms with E-state index in [0.717, 1.165) is 10.6 Å². The Morgan fingerprint density at radius 1 is 1.13 bits per heavy atom. The number of carbonyl (C=O) groups is 2. The van der Waals surface area contributed by atoms with Crippen LogP contribution < -0.4 is 11.1 Å². The van der Waals surface area contributed by atoms with E-state index in [-0.39, 0.29) is 36.6 Å². The van der Waals surface area contributed by atoms with Gasteiger partial charge >= 0.3 is 5.76 Å². The summed E-state index contributed by atoms with van der Waals surface area (Å²) in [6.07, 6.45) is 1.41. The highest BCUT2D eigenvalue weighted by molar-refractivity contribution is 7.13. The van der Waals surface area contributed by atoms with E-state index in [1.54, 1.807) is 4.90 Å². The number of amides is 2. The number of hydrogen-bond acceptors (Lipinski definition) is 6. The maximum absolute atomic E-state index is 12.5. The van der Waals surface area contributed by atoms with Gasteiger partial charge in [-0.1, -0.05) is 24.3 Å². The van der Waals surface area contributed by atoms with Crippen LogP contribution >= 0.6 is 11.3 Å². The molecular formula is C21H22N4O4S. The fourth-order valence-corrected chi connectivity index (χ4v) is 4.11. The molecule has 0 spiro atoms. The minimum Gasteiger partial charge on any atom is -0.387 e. The van der Waals surface area contributed by atoms with Crippen LogP contribution in [0.15, 0.2) is 57.1 Å². The summed E-state index contributed by atoms with van der Waals surface area (Å²) in [7, 11) is 0. The molecule has 0 aliphatic carbocycles. The number of carbonyl (C=O) groups excluding carboxylic acids is 2. The molecule has 1 aromatic carbocycles. The first-order valence-electron chi connectivity index (χ1n) is 9.85. The second kappa shape index (κ2) is 9.08. The Hall–Kier alpha value is -3.20. The zero-order valence-electron chi connectivity index (χ0n) is 16.3. The highest BCUT2D eigenvalue weighted by Gasteiger charge is 2.27. The molecule has 3 aromatic rings. The lowest BCUT2D eigenvalue weighted by Gasteiger charge is -2.31. The van der Waals surface area contributed by atoms with E-state index in [0.29, 0.717) is 25.9 Å². The van der Waals surface area contributed by atoms with Gasteiger partial charge in [0, 0.05) is 31.1 Å². The first kappa shape index (κ1) is 20.1. The van der Waals surface area contributed by atoms with Gasteiger partial charge in [0.05, 0.1) is 11.4 Å². The van der Waals surface area contributed by atoms with Crippen LogP contribution in [0.2, 0.25) is 0 Å². The van der Waals surface area contributed by atoms with E-state index in [1.165, 1.54) is 16.0 Å². The molecule has 0 bridgehead atoms. The van der Waals surface area contributed by atoms with Gasteiger partial charge in [-0.2, -0.15) is 4.68 Å². The van der Waals surface area contributed by atoms with Crippen LogP contribution in [0.25, 0.3) is 10.8 Å². The van der Waals surface area contributed by atoms with Crippen LogP contribution in [0.4, 0.5) is 5.69 Å². The molecule has 4 rings (SSSR count). The monoisotopic (exact) mass is 426 g/mol. The summed E-state index contributed by atoms with van der Waals surface area (Å²) in [5, 5.41) is 8.97. The molecule has 1 aliphatic rings. The number of hydrogen-bond donors (Lipinski definition) is 1. The lowest BCUT2D eigenvalue weighted by molar-refractivity contribution is -0.134. The highest BCUT2D eigenvalue weighted by atomic mass is 32.1. The van der Waals surface area contributed by atoms with Gasteiger partial charge in [-0.05, 0) is 36.4 Å². The lowest BCUT2D eigenvalue weighted by Crippen LogP contribution is -2.41. The molecule has 1 saturated heterocycles. The maximum atomic E-state index is 12.5. The van der Waals surface area contributed by atoms with E-state index >= 15 is 0 Å². The first-order chi connectivity index (χ1) is 14.6. The number of aromatic nitrogens is 2. The minimum atomic E-state index is -0.567. The van der Waals surface area contributed by atoms with Gasteiger partial charge in [0.2, 0.25) is 11.8 Å². The molecule has 3 heterocycles. The highest BCUT2D eigenvalue weighted by Crippen LogP contribution is 2.22. The molecule has 0 radical (unpaired) electrons. The van der Waals surface area contributed by atoms with Crippen LogP contribution in [0, 0.1) is 5.92 Å². The normalized spacial score (nSPS) is 14.6. The van der Waals surface area contributed by atoms with Gasteiger partial charge in [-0.25, -0.2) is 4.79 Å². The minimum absolute atomic E-state index is 0.0106. The summed E-state index contributed by atoms with van der Waals surface area (Å²) >= 11 is 1.43. The third-order valence-electron chi connectivity index (χ3n) is 5.14. The second-order valence-corrected chi connectivity index (χ2v) is 8.08. The number of para-hydroxylation sites is 1. The summed E-state index contributed by atoms with van der Waals surface area (Å²) in [5.74, 6) is -0.469. The summed E-state index contributed by atoms with van der Waals surface area (Å²) in [4.78, 5) is 39.4. The number of thiophene rings is 1. The zero-order chi connectivity index (χ0) is 20.9. The number of piperidine rings is 1. The van der Waals surface area contributed by atoms with Crippen LogP contribution in [0.1, 0.15) is 19.3 Å². The number of rotatable bonds is 6. The summed E-state index contributed by atoms with van der Waals surface area (Å²) in [6, 6.07) is 13.0. The van der Waals surface area contributed by atoms with Crippen LogP contribution in [0.5, 0.6) is 0 Å². The predicted molar refractivity (Wildman–Crippen MR) is 113 cm³/mol. The Morgan fingerprint density at radius 2 is 1.90 bits per heavy atom. The van der Waals surface area contributed by atoms with Crippen LogP contribution in [-0.4, -0.2) is 39.6 Å². The van der Waals surface area contributed by atoms with Crippen molar-refractivity contribution in [3.8, 4) is 10.8 Å². The van der Waals surface area contributed by atoms with Crippen molar-refractivity contribution in [2.45, 2.75) is 25.8 Å². The topological polar surface area (TPSA) is 97.4 Å². The smallest absolute Gasteiger partial charge is 0.387 e. The molecule has 156 valence electrons. The first-order valence-corrected chi connectivity index (χ1v) is 10.7. The summed E-state index contributed by atoms with van der Waals surface area (Å²) < 4.78 is 6.35. The fourth-order valence-electron chi connectivity index (χ4n) is 3.46. The van der Waals surface area contributed by atoms with E-state index < -0.39 is 5.76 Å². The number of aryl methyl sites for hydroxylation is 1. The van der Waals surface area contributed by atoms with Gasteiger partial charge < -0.3 is 14.6 Å². The molecular weight excluding hydrogens is 404 g/mol. The number of nitrogens with one attached hydrogen (secondary N) is 1. The Bertz CT molecular complexity index is 1050. The molecule has 2 amide bonds. The van der Waals surface area contributed by atoms with Gasteiger partial charge in [0.1, 0.15) is 0 Å². The van der Waals surface area contributed by atoms with Crippen molar-refractivity contribution in [1.82, 2.24) is 14.7 Å². The second-order valence-electron chi connectivity index (χ2n) is 7.13. The Balaban J connectivity index is 1.26. The van der Waals surface area contributed by atoms with Gasteiger partial charge in [-0.15, -0.1) is 16.4 Å². The predicted octanol–water partition coefficient (Wildman–Crippen LogP) is 2.83. The van der Waals surface area contributed by atoms with Gasteiger partial charge in [-0.3, -0.25) is 9.59 Å². The quantitative estimate of drug-likeness (QED) is 0.654. The van der Waals surface area contributed by atoms with Crippen molar-refractivity contribution in [2.24, 2.45) is 5.92 Å². The molecule has 30 heavy (non-hydrogen) atoms. The molecule has 1 aliphatic heterocycles.